The molecule has 23 heavy (non-hydrogen) atoms. The Balaban J connectivity index is 1.70. The molecule has 2 aliphatic heterocycles. The minimum Gasteiger partial charge on any atom is -0.373 e. The standard InChI is InChI=1S/C18H35N3O2/c1-5-21(6-2)18(22)14-19-9-7-17(8-10-19)13-20-11-15(3)23-16(4)12-20/h15-17H,5-14H2,1-4H3. The van der Waals surface area contributed by atoms with Crippen LogP contribution in [0.1, 0.15) is 40.5 Å². The van der Waals surface area contributed by atoms with Crippen molar-refractivity contribution in [3.63, 3.8) is 0 Å². The summed E-state index contributed by atoms with van der Waals surface area (Å²) in [5, 5.41) is 0. The fourth-order valence-electron chi connectivity index (χ4n) is 3.99. The van der Waals surface area contributed by atoms with Crippen LogP contribution >= 0.6 is 0 Å². The van der Waals surface area contributed by atoms with Gasteiger partial charge >= 0.3 is 0 Å². The van der Waals surface area contributed by atoms with Crippen molar-refractivity contribution >= 4 is 5.91 Å². The number of hydrogen-bond acceptors (Lipinski definition) is 4. The zero-order chi connectivity index (χ0) is 16.8. The molecule has 0 saturated carbocycles. The maximum Gasteiger partial charge on any atom is 0.236 e. The quantitative estimate of drug-likeness (QED) is 0.744. The molecule has 1 amide bonds. The average Bonchev–Trinajstić information content (AvgIpc) is 2.49. The molecule has 0 radical (unpaired) electrons. The smallest absolute Gasteiger partial charge is 0.236 e. The van der Waals surface area contributed by atoms with Crippen molar-refractivity contribution in [3.05, 3.63) is 0 Å². The van der Waals surface area contributed by atoms with Gasteiger partial charge in [-0.2, -0.15) is 0 Å². The lowest BCUT2D eigenvalue weighted by molar-refractivity contribution is -0.132. The van der Waals surface area contributed by atoms with Gasteiger partial charge in [0.15, 0.2) is 0 Å². The third kappa shape index (κ3) is 5.73. The fraction of sp³-hybridized carbons (Fsp3) is 0.944. The van der Waals surface area contributed by atoms with Crippen LogP contribution in [-0.4, -0.2) is 85.2 Å². The van der Waals surface area contributed by atoms with E-state index >= 15 is 0 Å². The number of carbonyl (C=O) groups excluding carboxylic acids is 1. The van der Waals surface area contributed by atoms with Gasteiger partial charge < -0.3 is 9.64 Å². The van der Waals surface area contributed by atoms with Gasteiger partial charge in [0.05, 0.1) is 18.8 Å². The Morgan fingerprint density at radius 2 is 1.61 bits per heavy atom. The number of ether oxygens (including phenoxy) is 1. The highest BCUT2D eigenvalue weighted by Crippen LogP contribution is 2.20. The Labute approximate surface area is 141 Å². The average molecular weight is 325 g/mol. The van der Waals surface area contributed by atoms with Crippen LogP contribution in [0.5, 0.6) is 0 Å². The van der Waals surface area contributed by atoms with Crippen molar-refractivity contribution in [2.75, 3.05) is 52.4 Å². The molecule has 0 N–H and O–H groups in total. The molecule has 134 valence electrons. The summed E-state index contributed by atoms with van der Waals surface area (Å²) in [7, 11) is 0. The van der Waals surface area contributed by atoms with Gasteiger partial charge in [0.1, 0.15) is 0 Å². The van der Waals surface area contributed by atoms with Crippen molar-refractivity contribution < 1.29 is 9.53 Å². The van der Waals surface area contributed by atoms with E-state index in [1.54, 1.807) is 0 Å². The molecule has 0 spiro atoms. The maximum absolute atomic E-state index is 12.2. The van der Waals surface area contributed by atoms with E-state index in [4.69, 9.17) is 4.74 Å². The predicted molar refractivity (Wildman–Crippen MR) is 93.5 cm³/mol. The molecule has 5 heteroatoms. The summed E-state index contributed by atoms with van der Waals surface area (Å²) in [5.41, 5.74) is 0. The van der Waals surface area contributed by atoms with E-state index < -0.39 is 0 Å². The summed E-state index contributed by atoms with van der Waals surface area (Å²) in [4.78, 5) is 19.0. The summed E-state index contributed by atoms with van der Waals surface area (Å²) >= 11 is 0. The van der Waals surface area contributed by atoms with Gasteiger partial charge in [-0.3, -0.25) is 14.6 Å². The molecule has 2 atom stereocenters. The van der Waals surface area contributed by atoms with Crippen LogP contribution in [0.3, 0.4) is 0 Å². The predicted octanol–water partition coefficient (Wildman–Crippen LogP) is 1.68. The zero-order valence-electron chi connectivity index (χ0n) is 15.5. The third-order valence-corrected chi connectivity index (χ3v) is 5.19. The molecule has 2 rings (SSSR count). The van der Waals surface area contributed by atoms with Gasteiger partial charge in [0.25, 0.3) is 0 Å². The molecule has 0 aromatic carbocycles. The Bertz CT molecular complexity index is 355. The molecular formula is C18H35N3O2. The second-order valence-electron chi connectivity index (χ2n) is 7.26. The van der Waals surface area contributed by atoms with E-state index in [-0.39, 0.29) is 5.91 Å². The highest BCUT2D eigenvalue weighted by Gasteiger charge is 2.27. The number of hydrogen-bond donors (Lipinski definition) is 0. The number of morpholine rings is 1. The molecular weight excluding hydrogens is 290 g/mol. The Hall–Kier alpha value is -0.650. The molecule has 0 aromatic rings. The van der Waals surface area contributed by atoms with Crippen LogP contribution in [0, 0.1) is 5.92 Å². The van der Waals surface area contributed by atoms with Crippen molar-refractivity contribution in [2.24, 2.45) is 5.92 Å². The number of nitrogens with zero attached hydrogens (tertiary/aromatic N) is 3. The summed E-state index contributed by atoms with van der Waals surface area (Å²) in [6.45, 7) is 16.1. The number of rotatable bonds is 6. The Morgan fingerprint density at radius 1 is 1.04 bits per heavy atom. The molecule has 2 fully saturated rings. The highest BCUT2D eigenvalue weighted by atomic mass is 16.5. The summed E-state index contributed by atoms with van der Waals surface area (Å²) in [6, 6.07) is 0. The summed E-state index contributed by atoms with van der Waals surface area (Å²) in [5.74, 6) is 1.05. The second-order valence-corrected chi connectivity index (χ2v) is 7.26. The molecule has 0 bridgehead atoms. The number of likely N-dealkylation sites (tertiary alicyclic amines) is 1. The van der Waals surface area contributed by atoms with Crippen LogP contribution in [0.4, 0.5) is 0 Å². The third-order valence-electron chi connectivity index (χ3n) is 5.19. The lowest BCUT2D eigenvalue weighted by Crippen LogP contribution is -2.49. The molecule has 2 unspecified atom stereocenters. The van der Waals surface area contributed by atoms with Crippen molar-refractivity contribution in [3.8, 4) is 0 Å². The van der Waals surface area contributed by atoms with E-state index in [0.717, 1.165) is 45.2 Å². The number of piperidine rings is 1. The Kier molecular flexibility index (Phi) is 7.31. The topological polar surface area (TPSA) is 36.0 Å². The lowest BCUT2D eigenvalue weighted by atomic mass is 9.95. The van der Waals surface area contributed by atoms with E-state index in [9.17, 15) is 4.79 Å². The zero-order valence-corrected chi connectivity index (χ0v) is 15.5. The van der Waals surface area contributed by atoms with Gasteiger partial charge in [-0.05, 0) is 59.5 Å². The molecule has 0 aromatic heterocycles. The SMILES string of the molecule is CCN(CC)C(=O)CN1CCC(CN2CC(C)OC(C)C2)CC1. The first-order valence-corrected chi connectivity index (χ1v) is 9.39. The van der Waals surface area contributed by atoms with E-state index in [1.165, 1.54) is 19.4 Å². The monoisotopic (exact) mass is 325 g/mol. The summed E-state index contributed by atoms with van der Waals surface area (Å²) < 4.78 is 5.82. The van der Waals surface area contributed by atoms with Crippen molar-refractivity contribution in [1.29, 1.82) is 0 Å². The van der Waals surface area contributed by atoms with Gasteiger partial charge in [0, 0.05) is 32.7 Å². The van der Waals surface area contributed by atoms with Gasteiger partial charge in [-0.15, -0.1) is 0 Å². The summed E-state index contributed by atoms with van der Waals surface area (Å²) in [6.07, 6.45) is 3.13. The molecule has 2 saturated heterocycles. The normalized spacial score (nSPS) is 28.0. The maximum atomic E-state index is 12.2. The second kappa shape index (κ2) is 9.00. The van der Waals surface area contributed by atoms with Gasteiger partial charge in [-0.1, -0.05) is 0 Å². The first-order valence-electron chi connectivity index (χ1n) is 9.39. The van der Waals surface area contributed by atoms with Gasteiger partial charge in [0.2, 0.25) is 5.91 Å². The van der Waals surface area contributed by atoms with Crippen LogP contribution in [0.25, 0.3) is 0 Å². The first kappa shape index (κ1) is 18.7. The molecule has 0 aliphatic carbocycles. The lowest BCUT2D eigenvalue weighted by Gasteiger charge is -2.39. The molecule has 2 aliphatic rings. The highest BCUT2D eigenvalue weighted by molar-refractivity contribution is 5.78. The van der Waals surface area contributed by atoms with E-state index in [0.29, 0.717) is 18.8 Å². The van der Waals surface area contributed by atoms with Gasteiger partial charge in [-0.25, -0.2) is 0 Å². The number of amides is 1. The largest absolute Gasteiger partial charge is 0.373 e. The molecule has 5 nitrogen and oxygen atoms in total. The van der Waals surface area contributed by atoms with Crippen LogP contribution in [0.2, 0.25) is 0 Å². The van der Waals surface area contributed by atoms with E-state index in [2.05, 4.69) is 37.5 Å². The Morgan fingerprint density at radius 3 is 2.13 bits per heavy atom. The minimum atomic E-state index is 0.282. The minimum absolute atomic E-state index is 0.282. The number of carbonyl (C=O) groups is 1. The van der Waals surface area contributed by atoms with Crippen LogP contribution < -0.4 is 0 Å². The van der Waals surface area contributed by atoms with Crippen molar-refractivity contribution in [1.82, 2.24) is 14.7 Å². The number of likely N-dealkylation sites (N-methyl/N-ethyl adjacent to an activating group) is 1. The van der Waals surface area contributed by atoms with E-state index in [1.807, 2.05) is 4.90 Å². The first-order chi connectivity index (χ1) is 11.0. The molecule has 2 heterocycles. The van der Waals surface area contributed by atoms with Crippen LogP contribution in [-0.2, 0) is 9.53 Å². The fourth-order valence-corrected chi connectivity index (χ4v) is 3.99. The van der Waals surface area contributed by atoms with Crippen LogP contribution in [0.15, 0.2) is 0 Å². The van der Waals surface area contributed by atoms with Crippen molar-refractivity contribution in [2.45, 2.75) is 52.7 Å².